The van der Waals surface area contributed by atoms with Gasteiger partial charge < -0.3 is 9.64 Å². The molecule has 1 atom stereocenters. The maximum Gasteiger partial charge on any atom is 0.175 e. The van der Waals surface area contributed by atoms with E-state index >= 15 is 4.39 Å². The number of hydrazine groups is 1. The Bertz CT molecular complexity index is 1270. The van der Waals surface area contributed by atoms with Crippen LogP contribution < -0.4 is 15.8 Å². The number of hydrogen-bond donors (Lipinski definition) is 2. The Labute approximate surface area is 185 Å². The van der Waals surface area contributed by atoms with Crippen LogP contribution in [0.2, 0.25) is 0 Å². The largest absolute Gasteiger partial charge is 0.378 e. The van der Waals surface area contributed by atoms with Crippen LogP contribution in [0.15, 0.2) is 41.4 Å². The molecule has 0 bridgehead atoms. The predicted octanol–water partition coefficient (Wildman–Crippen LogP) is 2.21. The molecule has 2 aliphatic rings. The summed E-state index contributed by atoms with van der Waals surface area (Å²) in [7, 11) is -3.51. The van der Waals surface area contributed by atoms with Gasteiger partial charge in [-0.2, -0.15) is 0 Å². The minimum absolute atomic E-state index is 0.00329. The highest BCUT2D eigenvalue weighted by atomic mass is 32.2. The molecule has 0 radical (unpaired) electrons. The maximum atomic E-state index is 15.2. The number of aromatic nitrogens is 2. The summed E-state index contributed by atoms with van der Waals surface area (Å²) in [6.45, 7) is 3.39. The van der Waals surface area contributed by atoms with Gasteiger partial charge in [-0.3, -0.25) is 10.4 Å². The molecule has 1 unspecified atom stereocenters. The normalized spacial score (nSPS) is 19.6. The van der Waals surface area contributed by atoms with E-state index in [1.807, 2.05) is 12.1 Å². The minimum Gasteiger partial charge on any atom is -0.378 e. The van der Waals surface area contributed by atoms with E-state index in [1.54, 1.807) is 6.20 Å². The van der Waals surface area contributed by atoms with E-state index in [9.17, 15) is 8.42 Å². The van der Waals surface area contributed by atoms with Crippen molar-refractivity contribution in [1.29, 1.82) is 0 Å². The van der Waals surface area contributed by atoms with Crippen molar-refractivity contribution in [3.63, 3.8) is 0 Å². The van der Waals surface area contributed by atoms with Crippen LogP contribution in [0.3, 0.4) is 0 Å². The molecule has 1 aromatic carbocycles. The summed E-state index contributed by atoms with van der Waals surface area (Å²) < 4.78 is 44.5. The molecule has 2 fully saturated rings. The Morgan fingerprint density at radius 2 is 1.97 bits per heavy atom. The van der Waals surface area contributed by atoms with Crippen LogP contribution in [0.5, 0.6) is 0 Å². The van der Waals surface area contributed by atoms with Gasteiger partial charge in [-0.1, -0.05) is 6.07 Å². The standard InChI is InChI=1S/C22H24FN5O3S/c1-32(29,30)14-2-3-15(18(23)12-14)17-13-20(28-8-10-31-11-9-28)26-21-16(17)4-6-24-22(21)19-5-7-25-27-19/h2-4,6,12-13,19,25,27H,5,7-11H2,1H3. The van der Waals surface area contributed by atoms with E-state index in [1.165, 1.54) is 12.1 Å². The van der Waals surface area contributed by atoms with E-state index in [4.69, 9.17) is 9.72 Å². The quantitative estimate of drug-likeness (QED) is 0.616. The number of rotatable bonds is 4. The summed E-state index contributed by atoms with van der Waals surface area (Å²) in [4.78, 5) is 11.6. The molecule has 32 heavy (non-hydrogen) atoms. The number of ether oxygens (including phenoxy) is 1. The molecule has 10 heteroatoms. The van der Waals surface area contributed by atoms with Crippen molar-refractivity contribution < 1.29 is 17.5 Å². The number of anilines is 1. The monoisotopic (exact) mass is 457 g/mol. The number of sulfone groups is 1. The Balaban J connectivity index is 1.73. The van der Waals surface area contributed by atoms with Gasteiger partial charge in [0.15, 0.2) is 9.84 Å². The number of morpholine rings is 1. The zero-order valence-electron chi connectivity index (χ0n) is 17.6. The fourth-order valence-corrected chi connectivity index (χ4v) is 4.86. The molecule has 2 saturated heterocycles. The molecule has 168 valence electrons. The molecule has 0 saturated carbocycles. The SMILES string of the molecule is CS(=O)(=O)c1ccc(-c2cc(N3CCOCC3)nc3c(C4CCNN4)nccc23)c(F)c1. The first-order valence-corrected chi connectivity index (χ1v) is 12.4. The fraction of sp³-hybridized carbons (Fsp3) is 0.364. The molecule has 2 aliphatic heterocycles. The molecule has 0 spiro atoms. The lowest BCUT2D eigenvalue weighted by Gasteiger charge is -2.29. The summed E-state index contributed by atoms with van der Waals surface area (Å²) in [6.07, 6.45) is 3.64. The highest BCUT2D eigenvalue weighted by Crippen LogP contribution is 2.36. The van der Waals surface area contributed by atoms with E-state index in [2.05, 4.69) is 20.7 Å². The Morgan fingerprint density at radius 1 is 1.16 bits per heavy atom. The molecule has 3 aromatic rings. The molecule has 5 rings (SSSR count). The van der Waals surface area contributed by atoms with E-state index in [0.717, 1.165) is 42.2 Å². The Morgan fingerprint density at radius 3 is 2.66 bits per heavy atom. The van der Waals surface area contributed by atoms with E-state index in [0.29, 0.717) is 42.9 Å². The highest BCUT2D eigenvalue weighted by molar-refractivity contribution is 7.90. The summed E-state index contributed by atoms with van der Waals surface area (Å²) >= 11 is 0. The molecular formula is C22H24FN5O3S. The zero-order valence-corrected chi connectivity index (χ0v) is 18.5. The zero-order chi connectivity index (χ0) is 22.3. The summed E-state index contributed by atoms with van der Waals surface area (Å²) in [5.41, 5.74) is 8.85. The van der Waals surface area contributed by atoms with E-state index in [-0.39, 0.29) is 10.9 Å². The van der Waals surface area contributed by atoms with Gasteiger partial charge >= 0.3 is 0 Å². The second kappa shape index (κ2) is 8.36. The Hall–Kier alpha value is -2.66. The lowest BCUT2D eigenvalue weighted by molar-refractivity contribution is 0.122. The van der Waals surface area contributed by atoms with Crippen molar-refractivity contribution in [1.82, 2.24) is 20.8 Å². The minimum atomic E-state index is -3.51. The van der Waals surface area contributed by atoms with Crippen LogP contribution in [0, 0.1) is 5.82 Å². The smallest absolute Gasteiger partial charge is 0.175 e. The van der Waals surface area contributed by atoms with Gasteiger partial charge in [0, 0.05) is 43.0 Å². The first-order valence-electron chi connectivity index (χ1n) is 10.5. The van der Waals surface area contributed by atoms with Crippen LogP contribution in [0.4, 0.5) is 10.2 Å². The lowest BCUT2D eigenvalue weighted by Crippen LogP contribution is -2.36. The summed E-state index contributed by atoms with van der Waals surface area (Å²) in [5.74, 6) is 0.134. The first-order chi connectivity index (χ1) is 15.4. The third kappa shape index (κ3) is 3.95. The molecule has 0 aliphatic carbocycles. The third-order valence-corrected chi connectivity index (χ3v) is 7.01. The van der Waals surface area contributed by atoms with Gasteiger partial charge in [-0.25, -0.2) is 23.2 Å². The topological polar surface area (TPSA) is 96.5 Å². The molecule has 4 heterocycles. The van der Waals surface area contributed by atoms with E-state index < -0.39 is 15.7 Å². The van der Waals surface area contributed by atoms with Gasteiger partial charge in [0.05, 0.1) is 35.4 Å². The summed E-state index contributed by atoms with van der Waals surface area (Å²) in [5, 5.41) is 0.770. The second-order valence-electron chi connectivity index (χ2n) is 8.05. The number of benzene rings is 1. The number of fused-ring (bicyclic) bond motifs is 1. The number of halogens is 1. The average Bonchev–Trinajstić information content (AvgIpc) is 3.33. The molecule has 0 amide bonds. The molecule has 2 aromatic heterocycles. The van der Waals surface area contributed by atoms with Gasteiger partial charge in [-0.05, 0) is 36.2 Å². The fourth-order valence-electron chi connectivity index (χ4n) is 4.22. The number of nitrogens with zero attached hydrogens (tertiary/aromatic N) is 3. The lowest BCUT2D eigenvalue weighted by atomic mass is 9.98. The van der Waals surface area contributed by atoms with Crippen molar-refractivity contribution in [2.75, 3.05) is 44.0 Å². The molecular weight excluding hydrogens is 433 g/mol. The van der Waals surface area contributed by atoms with Crippen LogP contribution in [-0.2, 0) is 14.6 Å². The van der Waals surface area contributed by atoms with Crippen molar-refractivity contribution in [2.45, 2.75) is 17.4 Å². The number of hydrogen-bond acceptors (Lipinski definition) is 8. The Kier molecular flexibility index (Phi) is 5.54. The van der Waals surface area contributed by atoms with Crippen molar-refractivity contribution in [3.8, 4) is 11.1 Å². The summed E-state index contributed by atoms with van der Waals surface area (Å²) in [6, 6.07) is 7.75. The van der Waals surface area contributed by atoms with Gasteiger partial charge in [0.2, 0.25) is 0 Å². The first kappa shape index (κ1) is 21.2. The third-order valence-electron chi connectivity index (χ3n) is 5.90. The van der Waals surface area contributed by atoms with Gasteiger partial charge in [0.1, 0.15) is 11.6 Å². The van der Waals surface area contributed by atoms with Crippen LogP contribution >= 0.6 is 0 Å². The number of nitrogens with one attached hydrogen (secondary N) is 2. The van der Waals surface area contributed by atoms with Crippen molar-refractivity contribution in [2.24, 2.45) is 0 Å². The molecule has 8 nitrogen and oxygen atoms in total. The second-order valence-corrected chi connectivity index (χ2v) is 10.1. The van der Waals surface area contributed by atoms with Crippen LogP contribution in [-0.4, -0.2) is 57.5 Å². The van der Waals surface area contributed by atoms with Gasteiger partial charge in [0.25, 0.3) is 0 Å². The van der Waals surface area contributed by atoms with Crippen LogP contribution in [0.1, 0.15) is 18.2 Å². The van der Waals surface area contributed by atoms with Crippen molar-refractivity contribution >= 4 is 26.6 Å². The van der Waals surface area contributed by atoms with Crippen LogP contribution in [0.25, 0.3) is 22.0 Å². The molecule has 2 N–H and O–H groups in total. The highest BCUT2D eigenvalue weighted by Gasteiger charge is 2.24. The van der Waals surface area contributed by atoms with Crippen molar-refractivity contribution in [3.05, 3.63) is 48.0 Å². The maximum absolute atomic E-state index is 15.2. The predicted molar refractivity (Wildman–Crippen MR) is 120 cm³/mol. The van der Waals surface area contributed by atoms with Gasteiger partial charge in [-0.15, -0.1) is 0 Å². The number of pyridine rings is 2. The average molecular weight is 458 g/mol.